The second-order valence-corrected chi connectivity index (χ2v) is 6.49. The summed E-state index contributed by atoms with van der Waals surface area (Å²) in [6, 6.07) is 9.72. The Morgan fingerprint density at radius 1 is 1.15 bits per heavy atom. The van der Waals surface area contributed by atoms with Crippen LogP contribution < -0.4 is 4.72 Å². The van der Waals surface area contributed by atoms with E-state index in [0.29, 0.717) is 12.3 Å². The summed E-state index contributed by atoms with van der Waals surface area (Å²) in [7, 11) is -3.70. The fourth-order valence-electron chi connectivity index (χ4n) is 1.59. The van der Waals surface area contributed by atoms with Gasteiger partial charge in [-0.15, -0.1) is 11.6 Å². The minimum absolute atomic E-state index is 0.110. The number of alkyl halides is 1. The van der Waals surface area contributed by atoms with Crippen LogP contribution in [0, 0.1) is 0 Å². The van der Waals surface area contributed by atoms with E-state index in [9.17, 15) is 8.42 Å². The highest BCUT2D eigenvalue weighted by Crippen LogP contribution is 2.21. The summed E-state index contributed by atoms with van der Waals surface area (Å²) in [5, 5.41) is 0.245. The minimum Gasteiger partial charge on any atom is -0.262 e. The fourth-order valence-corrected chi connectivity index (χ4v) is 3.06. The highest BCUT2D eigenvalue weighted by Gasteiger charge is 2.16. The molecule has 0 bridgehead atoms. The number of halogens is 2. The van der Waals surface area contributed by atoms with Crippen LogP contribution in [0.3, 0.4) is 0 Å². The molecule has 2 aromatic rings. The van der Waals surface area contributed by atoms with Crippen molar-refractivity contribution in [2.24, 2.45) is 0 Å². The lowest BCUT2D eigenvalue weighted by atomic mass is 10.2. The predicted octanol–water partition coefficient (Wildman–Crippen LogP) is 3.32. The van der Waals surface area contributed by atoms with Crippen molar-refractivity contribution in [1.29, 1.82) is 0 Å². The van der Waals surface area contributed by atoms with Crippen LogP contribution in [0.15, 0.2) is 47.5 Å². The van der Waals surface area contributed by atoms with Crippen LogP contribution in [0.4, 0.5) is 5.82 Å². The number of aromatic nitrogens is 1. The van der Waals surface area contributed by atoms with Crippen LogP contribution in [0.5, 0.6) is 0 Å². The minimum atomic E-state index is -3.70. The maximum Gasteiger partial charge on any atom is 0.263 e. The van der Waals surface area contributed by atoms with E-state index in [-0.39, 0.29) is 15.7 Å². The normalized spacial score (nSPS) is 11.3. The zero-order valence-corrected chi connectivity index (χ0v) is 12.7. The number of anilines is 1. The van der Waals surface area contributed by atoms with Gasteiger partial charge in [0.2, 0.25) is 0 Å². The lowest BCUT2D eigenvalue weighted by Gasteiger charge is -2.09. The maximum atomic E-state index is 12.2. The molecule has 0 saturated carbocycles. The molecular weight excluding hydrogens is 319 g/mol. The smallest absolute Gasteiger partial charge is 0.262 e. The number of aryl methyl sites for hydroxylation is 1. The van der Waals surface area contributed by atoms with Gasteiger partial charge in [0, 0.05) is 12.1 Å². The largest absolute Gasteiger partial charge is 0.263 e. The summed E-state index contributed by atoms with van der Waals surface area (Å²) in [6.45, 7) is 0. The van der Waals surface area contributed by atoms with Crippen LogP contribution in [0.2, 0.25) is 5.02 Å². The Labute approximate surface area is 127 Å². The number of sulfonamides is 1. The molecule has 2 rings (SSSR count). The van der Waals surface area contributed by atoms with E-state index in [4.69, 9.17) is 23.2 Å². The average molecular weight is 331 g/mol. The van der Waals surface area contributed by atoms with E-state index in [0.717, 1.165) is 5.56 Å². The van der Waals surface area contributed by atoms with Crippen molar-refractivity contribution in [3.63, 3.8) is 0 Å². The summed E-state index contributed by atoms with van der Waals surface area (Å²) in [5.74, 6) is 0.604. The number of rotatable bonds is 5. The SMILES string of the molecule is O=S(=O)(Nc1ncccc1Cl)c1ccc(CCCl)cc1. The van der Waals surface area contributed by atoms with Gasteiger partial charge >= 0.3 is 0 Å². The van der Waals surface area contributed by atoms with E-state index < -0.39 is 10.0 Å². The van der Waals surface area contributed by atoms with Gasteiger partial charge in [-0.25, -0.2) is 13.4 Å². The Morgan fingerprint density at radius 3 is 2.45 bits per heavy atom. The average Bonchev–Trinajstić information content (AvgIpc) is 2.42. The molecule has 0 aliphatic carbocycles. The van der Waals surface area contributed by atoms with Gasteiger partial charge in [-0.2, -0.15) is 0 Å². The van der Waals surface area contributed by atoms with Crippen molar-refractivity contribution >= 4 is 39.0 Å². The van der Waals surface area contributed by atoms with Crippen LogP contribution in [0.25, 0.3) is 0 Å². The number of nitrogens with zero attached hydrogens (tertiary/aromatic N) is 1. The highest BCUT2D eigenvalue weighted by molar-refractivity contribution is 7.92. The maximum absolute atomic E-state index is 12.2. The van der Waals surface area contributed by atoms with Gasteiger partial charge in [0.05, 0.1) is 9.92 Å². The summed E-state index contributed by atoms with van der Waals surface area (Å²) in [6.07, 6.45) is 2.16. The Kier molecular flexibility index (Phi) is 4.86. The van der Waals surface area contributed by atoms with E-state index in [1.165, 1.54) is 18.3 Å². The van der Waals surface area contributed by atoms with Crippen molar-refractivity contribution < 1.29 is 8.42 Å². The first-order chi connectivity index (χ1) is 9.53. The van der Waals surface area contributed by atoms with Crippen LogP contribution in [-0.4, -0.2) is 19.3 Å². The third-order valence-corrected chi connectivity index (χ3v) is 4.46. The molecule has 106 valence electrons. The monoisotopic (exact) mass is 330 g/mol. The molecule has 1 N–H and O–H groups in total. The number of benzene rings is 1. The molecule has 0 spiro atoms. The van der Waals surface area contributed by atoms with E-state index in [1.807, 2.05) is 0 Å². The van der Waals surface area contributed by atoms with Gasteiger partial charge in [0.25, 0.3) is 10.0 Å². The molecule has 0 aliphatic heterocycles. The first kappa shape index (κ1) is 15.1. The molecule has 20 heavy (non-hydrogen) atoms. The van der Waals surface area contributed by atoms with E-state index in [2.05, 4.69) is 9.71 Å². The van der Waals surface area contributed by atoms with Crippen LogP contribution in [0.1, 0.15) is 5.56 Å². The summed E-state index contributed by atoms with van der Waals surface area (Å²) in [4.78, 5) is 4.05. The number of nitrogens with one attached hydrogen (secondary N) is 1. The lowest BCUT2D eigenvalue weighted by Crippen LogP contribution is -2.14. The fraction of sp³-hybridized carbons (Fsp3) is 0.154. The van der Waals surface area contributed by atoms with Crippen molar-refractivity contribution in [3.8, 4) is 0 Å². The summed E-state index contributed by atoms with van der Waals surface area (Å²) in [5.41, 5.74) is 0.981. The topological polar surface area (TPSA) is 59.1 Å². The molecule has 0 atom stereocenters. The number of hydrogen-bond donors (Lipinski definition) is 1. The molecule has 1 aromatic carbocycles. The zero-order chi connectivity index (χ0) is 14.6. The van der Waals surface area contributed by atoms with Gasteiger partial charge in [0.15, 0.2) is 5.82 Å². The van der Waals surface area contributed by atoms with Gasteiger partial charge in [0.1, 0.15) is 0 Å². The molecule has 4 nitrogen and oxygen atoms in total. The standard InChI is InChI=1S/C13H12Cl2N2O2S/c14-8-7-10-3-5-11(6-4-10)20(18,19)17-13-12(15)2-1-9-16-13/h1-6,9H,7-8H2,(H,16,17). The number of hydrogen-bond acceptors (Lipinski definition) is 3. The van der Waals surface area contributed by atoms with Crippen LogP contribution in [-0.2, 0) is 16.4 Å². The second-order valence-electron chi connectivity index (χ2n) is 4.02. The molecule has 0 radical (unpaired) electrons. The Morgan fingerprint density at radius 2 is 1.85 bits per heavy atom. The summed E-state index contributed by atoms with van der Waals surface area (Å²) < 4.78 is 26.7. The lowest BCUT2D eigenvalue weighted by molar-refractivity contribution is 0.601. The van der Waals surface area contributed by atoms with Gasteiger partial charge in [-0.3, -0.25) is 4.72 Å². The number of pyridine rings is 1. The molecule has 0 amide bonds. The van der Waals surface area contributed by atoms with E-state index in [1.54, 1.807) is 24.3 Å². The van der Waals surface area contributed by atoms with Crippen molar-refractivity contribution in [2.45, 2.75) is 11.3 Å². The summed E-state index contributed by atoms with van der Waals surface area (Å²) >= 11 is 11.5. The quantitative estimate of drug-likeness (QED) is 0.855. The Balaban J connectivity index is 2.24. The molecule has 1 aromatic heterocycles. The molecule has 0 saturated heterocycles. The second kappa shape index (κ2) is 6.43. The third-order valence-electron chi connectivity index (χ3n) is 2.61. The molecular formula is C13H12Cl2N2O2S. The molecule has 0 aliphatic rings. The van der Waals surface area contributed by atoms with Crippen LogP contribution >= 0.6 is 23.2 Å². The zero-order valence-electron chi connectivity index (χ0n) is 10.4. The molecule has 1 heterocycles. The van der Waals surface area contributed by atoms with Gasteiger partial charge in [-0.1, -0.05) is 23.7 Å². The van der Waals surface area contributed by atoms with Crippen molar-refractivity contribution in [3.05, 3.63) is 53.2 Å². The predicted molar refractivity (Wildman–Crippen MR) is 80.9 cm³/mol. The molecule has 0 fully saturated rings. The first-order valence-electron chi connectivity index (χ1n) is 5.81. The first-order valence-corrected chi connectivity index (χ1v) is 8.21. The molecule has 0 unspecified atom stereocenters. The highest BCUT2D eigenvalue weighted by atomic mass is 35.5. The van der Waals surface area contributed by atoms with Gasteiger partial charge in [-0.05, 0) is 36.2 Å². The van der Waals surface area contributed by atoms with E-state index >= 15 is 0 Å². The Hall–Kier alpha value is -1.30. The Bertz CT molecular complexity index is 688. The third kappa shape index (κ3) is 3.62. The van der Waals surface area contributed by atoms with Crippen molar-refractivity contribution in [2.75, 3.05) is 10.6 Å². The van der Waals surface area contributed by atoms with Gasteiger partial charge < -0.3 is 0 Å². The van der Waals surface area contributed by atoms with Crippen molar-refractivity contribution in [1.82, 2.24) is 4.98 Å². The molecule has 7 heteroatoms.